The number of imide groups is 1. The molecule has 2 amide bonds. The van der Waals surface area contributed by atoms with Gasteiger partial charge in [0.15, 0.2) is 0 Å². The molecule has 120 valence electrons. The highest BCUT2D eigenvalue weighted by molar-refractivity contribution is 6.06. The summed E-state index contributed by atoms with van der Waals surface area (Å²) in [5.74, 6) is 2.67. The molecule has 1 aromatic rings. The zero-order valence-electron chi connectivity index (χ0n) is 13.0. The topological polar surface area (TPSA) is 59.0 Å². The van der Waals surface area contributed by atoms with Gasteiger partial charge in [-0.3, -0.25) is 9.59 Å². The zero-order chi connectivity index (χ0) is 16.7. The van der Waals surface area contributed by atoms with Crippen molar-refractivity contribution in [1.29, 1.82) is 0 Å². The quantitative estimate of drug-likeness (QED) is 0.368. The summed E-state index contributed by atoms with van der Waals surface area (Å²) in [7, 11) is 0. The fourth-order valence-corrected chi connectivity index (χ4v) is 3.90. The van der Waals surface area contributed by atoms with E-state index in [4.69, 9.17) is 11.2 Å². The average Bonchev–Trinajstić information content (AvgIpc) is 3.27. The van der Waals surface area contributed by atoms with Crippen LogP contribution in [0.15, 0.2) is 41.5 Å². The fourth-order valence-electron chi connectivity index (χ4n) is 3.90. The van der Waals surface area contributed by atoms with Gasteiger partial charge in [0.1, 0.15) is 12.4 Å². The third-order valence-electron chi connectivity index (χ3n) is 4.97. The molecule has 3 aliphatic rings. The van der Waals surface area contributed by atoms with Gasteiger partial charge in [0, 0.05) is 0 Å². The Bertz CT molecular complexity index is 758. The van der Waals surface area contributed by atoms with Crippen LogP contribution in [0.1, 0.15) is 12.0 Å². The Morgan fingerprint density at radius 1 is 1.17 bits per heavy atom. The Morgan fingerprint density at radius 3 is 2.38 bits per heavy atom. The number of terminal acetylenes is 1. The van der Waals surface area contributed by atoms with E-state index in [9.17, 15) is 9.59 Å². The first-order valence-electron chi connectivity index (χ1n) is 7.95. The fraction of sp³-hybridized carbons (Fsp3) is 0.316. The van der Waals surface area contributed by atoms with Crippen molar-refractivity contribution in [2.75, 3.05) is 6.61 Å². The number of hydrogen-bond donors (Lipinski definition) is 0. The Labute approximate surface area is 140 Å². The molecule has 0 aromatic heterocycles. The summed E-state index contributed by atoms with van der Waals surface area (Å²) in [4.78, 5) is 25.0. The third kappa shape index (κ3) is 2.23. The molecule has 0 radical (unpaired) electrons. The molecule has 5 heteroatoms. The molecular formula is C19H16N2O3. The van der Waals surface area contributed by atoms with Gasteiger partial charge >= 0.3 is 0 Å². The number of ether oxygens (including phenoxy) is 1. The van der Waals surface area contributed by atoms with Gasteiger partial charge in [-0.2, -0.15) is 10.1 Å². The van der Waals surface area contributed by atoms with Crippen molar-refractivity contribution >= 4 is 18.0 Å². The van der Waals surface area contributed by atoms with Gasteiger partial charge in [0.2, 0.25) is 0 Å². The minimum atomic E-state index is -0.218. The number of hydrazone groups is 1. The van der Waals surface area contributed by atoms with Crippen LogP contribution in [0, 0.1) is 36.0 Å². The predicted molar refractivity (Wildman–Crippen MR) is 87.9 cm³/mol. The third-order valence-corrected chi connectivity index (χ3v) is 4.97. The van der Waals surface area contributed by atoms with Crippen LogP contribution < -0.4 is 4.74 Å². The smallest absolute Gasteiger partial charge is 0.254 e. The van der Waals surface area contributed by atoms with Crippen molar-refractivity contribution in [2.24, 2.45) is 28.8 Å². The molecular weight excluding hydrogens is 304 g/mol. The van der Waals surface area contributed by atoms with E-state index in [1.807, 2.05) is 0 Å². The van der Waals surface area contributed by atoms with E-state index in [0.717, 1.165) is 17.0 Å². The lowest BCUT2D eigenvalue weighted by atomic mass is 9.85. The maximum Gasteiger partial charge on any atom is 0.254 e. The number of carbonyl (C=O) groups is 2. The maximum atomic E-state index is 12.5. The van der Waals surface area contributed by atoms with Gasteiger partial charge < -0.3 is 4.74 Å². The van der Waals surface area contributed by atoms with Gasteiger partial charge in [0.05, 0.1) is 18.1 Å². The maximum absolute atomic E-state index is 12.5. The van der Waals surface area contributed by atoms with Crippen molar-refractivity contribution in [2.45, 2.75) is 6.42 Å². The van der Waals surface area contributed by atoms with Crippen LogP contribution in [0.2, 0.25) is 0 Å². The summed E-state index contributed by atoms with van der Waals surface area (Å²) in [6, 6.07) is 7.13. The largest absolute Gasteiger partial charge is 0.481 e. The average molecular weight is 320 g/mol. The summed E-state index contributed by atoms with van der Waals surface area (Å²) in [6.45, 7) is 0.212. The van der Waals surface area contributed by atoms with Crippen molar-refractivity contribution in [3.8, 4) is 18.1 Å². The second-order valence-corrected chi connectivity index (χ2v) is 6.29. The van der Waals surface area contributed by atoms with Gasteiger partial charge in [-0.05, 0) is 48.1 Å². The Kier molecular flexibility index (Phi) is 3.46. The second-order valence-electron chi connectivity index (χ2n) is 6.29. The Balaban J connectivity index is 1.48. The number of allylic oxidation sites excluding steroid dienone is 2. The van der Waals surface area contributed by atoms with Crippen molar-refractivity contribution < 1.29 is 14.3 Å². The lowest BCUT2D eigenvalue weighted by Gasteiger charge is -2.13. The number of benzene rings is 1. The number of amides is 2. The zero-order valence-corrected chi connectivity index (χ0v) is 13.0. The van der Waals surface area contributed by atoms with E-state index in [0.29, 0.717) is 5.75 Å². The lowest BCUT2D eigenvalue weighted by molar-refractivity contribution is -0.140. The highest BCUT2D eigenvalue weighted by Gasteiger charge is 2.59. The molecule has 0 spiro atoms. The molecule has 4 rings (SSSR count). The summed E-state index contributed by atoms with van der Waals surface area (Å²) >= 11 is 0. The first-order chi connectivity index (χ1) is 11.7. The molecule has 2 fully saturated rings. The molecule has 24 heavy (non-hydrogen) atoms. The summed E-state index contributed by atoms with van der Waals surface area (Å²) in [5, 5.41) is 5.18. The lowest BCUT2D eigenvalue weighted by Crippen LogP contribution is -2.28. The number of nitrogens with zero attached hydrogens (tertiary/aromatic N) is 2. The molecule has 5 nitrogen and oxygen atoms in total. The number of carbonyl (C=O) groups excluding carboxylic acids is 2. The van der Waals surface area contributed by atoms with Crippen molar-refractivity contribution in [3.05, 3.63) is 42.0 Å². The second kappa shape index (κ2) is 5.64. The van der Waals surface area contributed by atoms with E-state index in [2.05, 4.69) is 23.2 Å². The van der Waals surface area contributed by atoms with Crippen LogP contribution in [0.5, 0.6) is 5.75 Å². The Hall–Kier alpha value is -2.87. The summed E-state index contributed by atoms with van der Waals surface area (Å²) in [6.07, 6.45) is 11.7. The van der Waals surface area contributed by atoms with Gasteiger partial charge in [-0.15, -0.1) is 6.42 Å². The van der Waals surface area contributed by atoms with Crippen LogP contribution in [0.4, 0.5) is 0 Å². The summed E-state index contributed by atoms with van der Waals surface area (Å²) < 4.78 is 5.30. The van der Waals surface area contributed by atoms with Gasteiger partial charge in [-0.25, -0.2) is 0 Å². The molecule has 1 aliphatic heterocycles. The highest BCUT2D eigenvalue weighted by atomic mass is 16.5. The Morgan fingerprint density at radius 2 is 1.79 bits per heavy atom. The molecule has 1 saturated carbocycles. The van der Waals surface area contributed by atoms with E-state index in [1.165, 1.54) is 6.21 Å². The molecule has 4 atom stereocenters. The van der Waals surface area contributed by atoms with Crippen LogP contribution in [-0.2, 0) is 9.59 Å². The van der Waals surface area contributed by atoms with E-state index < -0.39 is 0 Å². The normalized spacial score (nSPS) is 30.2. The van der Waals surface area contributed by atoms with Crippen LogP contribution in [0.3, 0.4) is 0 Å². The van der Waals surface area contributed by atoms with Crippen molar-refractivity contribution in [3.63, 3.8) is 0 Å². The number of rotatable bonds is 4. The molecule has 0 unspecified atom stereocenters. The van der Waals surface area contributed by atoms with Gasteiger partial charge in [0.25, 0.3) is 11.8 Å². The van der Waals surface area contributed by atoms with Crippen LogP contribution >= 0.6 is 0 Å². The summed E-state index contributed by atoms with van der Waals surface area (Å²) in [5.41, 5.74) is 0.779. The minimum Gasteiger partial charge on any atom is -0.481 e. The number of fused-ring (bicyclic) bond motifs is 5. The van der Waals surface area contributed by atoms with Crippen LogP contribution in [-0.4, -0.2) is 29.6 Å². The molecule has 2 aliphatic carbocycles. The molecule has 0 N–H and O–H groups in total. The molecule has 1 aromatic carbocycles. The first-order valence-corrected chi connectivity index (χ1v) is 7.95. The SMILES string of the molecule is C#CCOc1ccc(C=NN2C(=O)[C@@H]3[C@H](C2=O)[C@H]2C=C[C@H]3C2)cc1. The van der Waals surface area contributed by atoms with E-state index in [1.54, 1.807) is 24.3 Å². The van der Waals surface area contributed by atoms with Crippen LogP contribution in [0.25, 0.3) is 0 Å². The standard InChI is InChI=1S/C19H16N2O3/c1-2-9-24-15-7-3-12(4-8-15)11-20-21-18(22)16-13-5-6-14(10-13)17(16)19(21)23/h1,3-8,11,13-14,16-17H,9-10H2/t13-,14-,16-,17+/m0/s1. The number of hydrogen-bond acceptors (Lipinski definition) is 4. The molecule has 2 bridgehead atoms. The van der Waals surface area contributed by atoms with Crippen molar-refractivity contribution in [1.82, 2.24) is 5.01 Å². The predicted octanol–water partition coefficient (Wildman–Crippen LogP) is 1.84. The minimum absolute atomic E-state index is 0.174. The van der Waals surface area contributed by atoms with Gasteiger partial charge in [-0.1, -0.05) is 18.1 Å². The monoisotopic (exact) mass is 320 g/mol. The van der Waals surface area contributed by atoms with E-state index in [-0.39, 0.29) is 42.1 Å². The molecule has 1 heterocycles. The first kappa shape index (κ1) is 14.7. The highest BCUT2D eigenvalue weighted by Crippen LogP contribution is 2.52. The molecule has 1 saturated heterocycles. The van der Waals surface area contributed by atoms with E-state index >= 15 is 0 Å².